The van der Waals surface area contributed by atoms with Crippen LogP contribution in [0.3, 0.4) is 0 Å². The number of benzene rings is 1. The molecule has 3 amide bonds. The Morgan fingerprint density at radius 3 is 2.45 bits per heavy atom. The molecule has 2 unspecified atom stereocenters. The Labute approximate surface area is 265 Å². The van der Waals surface area contributed by atoms with Crippen molar-refractivity contribution < 1.29 is 22.8 Å². The van der Waals surface area contributed by atoms with Crippen molar-refractivity contribution in [2.45, 2.75) is 83.7 Å². The van der Waals surface area contributed by atoms with Crippen molar-refractivity contribution in [3.8, 4) is 0 Å². The zero-order chi connectivity index (χ0) is 31.9. The third-order valence-corrected chi connectivity index (χ3v) is 11.3. The molecule has 0 spiro atoms. The van der Waals surface area contributed by atoms with Crippen molar-refractivity contribution in [3.63, 3.8) is 0 Å². The fourth-order valence-electron chi connectivity index (χ4n) is 5.85. The third-order valence-electron chi connectivity index (χ3n) is 8.68. The topological polar surface area (TPSA) is 138 Å². The van der Waals surface area contributed by atoms with E-state index in [1.165, 1.54) is 5.56 Å². The van der Waals surface area contributed by atoms with Gasteiger partial charge in [-0.1, -0.05) is 52.7 Å². The van der Waals surface area contributed by atoms with Gasteiger partial charge >= 0.3 is 0 Å². The molecule has 1 aromatic heterocycles. The molecule has 0 bridgehead atoms. The van der Waals surface area contributed by atoms with E-state index in [2.05, 4.69) is 48.5 Å². The molecule has 242 valence electrons. The predicted octanol–water partition coefficient (Wildman–Crippen LogP) is 3.32. The molecule has 2 fully saturated rings. The lowest BCUT2D eigenvalue weighted by molar-refractivity contribution is -0.129. The number of hydrogen-bond acceptors (Lipinski definition) is 8. The van der Waals surface area contributed by atoms with Gasteiger partial charge in [0.25, 0.3) is 0 Å². The van der Waals surface area contributed by atoms with Crippen molar-refractivity contribution >= 4 is 49.1 Å². The summed E-state index contributed by atoms with van der Waals surface area (Å²) >= 11 is 1.54. The number of sulfone groups is 1. The number of hydrogen-bond donors (Lipinski definition) is 3. The van der Waals surface area contributed by atoms with Crippen LogP contribution in [0.5, 0.6) is 0 Å². The summed E-state index contributed by atoms with van der Waals surface area (Å²) in [4.78, 5) is 45.9. The summed E-state index contributed by atoms with van der Waals surface area (Å²) in [5, 5.41) is 9.83. The van der Waals surface area contributed by atoms with Crippen LogP contribution in [0.4, 0.5) is 0 Å². The van der Waals surface area contributed by atoms with Crippen LogP contribution in [0.25, 0.3) is 10.2 Å². The minimum absolute atomic E-state index is 0.0867. The second-order valence-corrected chi connectivity index (χ2v) is 15.8. The molecule has 1 aromatic carbocycles. The summed E-state index contributed by atoms with van der Waals surface area (Å²) in [7, 11) is -3.01. The number of aromatic nitrogens is 1. The van der Waals surface area contributed by atoms with Crippen LogP contribution in [-0.2, 0) is 30.6 Å². The number of nitrogens with zero attached hydrogens (tertiary/aromatic N) is 2. The minimum Gasteiger partial charge on any atom is -0.350 e. The molecule has 1 aliphatic heterocycles. The minimum atomic E-state index is -3.01. The Balaban J connectivity index is 1.43. The van der Waals surface area contributed by atoms with Gasteiger partial charge in [-0.15, -0.1) is 11.3 Å². The quantitative estimate of drug-likeness (QED) is 0.284. The van der Waals surface area contributed by atoms with Gasteiger partial charge in [0.1, 0.15) is 6.04 Å². The molecular formula is C32H47N5O5S2. The van der Waals surface area contributed by atoms with Crippen molar-refractivity contribution in [3.05, 3.63) is 40.9 Å². The van der Waals surface area contributed by atoms with E-state index in [-0.39, 0.29) is 60.6 Å². The number of amides is 3. The molecule has 2 aliphatic rings. The zero-order valence-corrected chi connectivity index (χ0v) is 27.8. The fourth-order valence-corrected chi connectivity index (χ4v) is 8.19. The predicted molar refractivity (Wildman–Crippen MR) is 175 cm³/mol. The first kappa shape index (κ1) is 34.1. The summed E-state index contributed by atoms with van der Waals surface area (Å²) in [5.41, 5.74) is 2.47. The van der Waals surface area contributed by atoms with Gasteiger partial charge in [-0.2, -0.15) is 0 Å². The van der Waals surface area contributed by atoms with Gasteiger partial charge in [0.15, 0.2) is 9.84 Å². The number of rotatable bonds is 13. The molecule has 2 atom stereocenters. The number of carbonyl (C=O) groups excluding carboxylic acids is 3. The fraction of sp³-hybridized carbons (Fsp3) is 0.625. The van der Waals surface area contributed by atoms with Gasteiger partial charge < -0.3 is 16.0 Å². The Morgan fingerprint density at radius 1 is 1.09 bits per heavy atom. The molecule has 1 saturated carbocycles. The van der Waals surface area contributed by atoms with E-state index in [1.54, 1.807) is 18.3 Å². The summed E-state index contributed by atoms with van der Waals surface area (Å²) in [5.74, 6) is -0.0324. The molecule has 10 nitrogen and oxygen atoms in total. The lowest BCUT2D eigenvalue weighted by Gasteiger charge is -2.32. The van der Waals surface area contributed by atoms with E-state index in [4.69, 9.17) is 4.98 Å². The van der Waals surface area contributed by atoms with Crippen LogP contribution in [0.2, 0.25) is 0 Å². The summed E-state index contributed by atoms with van der Waals surface area (Å²) in [6, 6.07) is 5.13. The Kier molecular flexibility index (Phi) is 12.0. The average molecular weight is 646 g/mol. The highest BCUT2D eigenvalue weighted by atomic mass is 32.2. The first-order valence-corrected chi connectivity index (χ1v) is 18.5. The third kappa shape index (κ3) is 9.58. The number of carbonyl (C=O) groups is 3. The SMILES string of the molecule is C=C(CN1CCS(=O)(=O)CC1)C(=O)NCC(NC(=O)C(Cc1nc2ccc(C(C)C)cc2s1)NC(=O)CC)C1CCCCC1. The highest BCUT2D eigenvalue weighted by molar-refractivity contribution is 7.91. The summed E-state index contributed by atoms with van der Waals surface area (Å²) in [6.45, 7) is 11.3. The standard InChI is InChI=1S/C32H47N5O5S2/c1-5-29(38)34-26(18-30-35-25-12-11-24(21(2)3)17-28(25)43-30)32(40)36-27(23-9-7-6-8-10-23)19-33-31(39)22(4)20-37-13-15-44(41,42)16-14-37/h11-12,17,21,23,26-27H,4-10,13-16,18-20H2,1-3H3,(H,33,39)(H,34,38)(H,36,40). The summed E-state index contributed by atoms with van der Waals surface area (Å²) in [6.07, 6.45) is 5.72. The normalized spacial score (nSPS) is 18.9. The molecule has 4 rings (SSSR count). The number of thiazole rings is 1. The highest BCUT2D eigenvalue weighted by Crippen LogP contribution is 2.28. The summed E-state index contributed by atoms with van der Waals surface area (Å²) < 4.78 is 24.5. The van der Waals surface area contributed by atoms with Crippen LogP contribution in [0.15, 0.2) is 30.4 Å². The van der Waals surface area contributed by atoms with Crippen molar-refractivity contribution in [2.75, 3.05) is 37.7 Å². The smallest absolute Gasteiger partial charge is 0.247 e. The maximum absolute atomic E-state index is 13.8. The van der Waals surface area contributed by atoms with Crippen LogP contribution >= 0.6 is 11.3 Å². The highest BCUT2D eigenvalue weighted by Gasteiger charge is 2.30. The van der Waals surface area contributed by atoms with E-state index in [0.29, 0.717) is 31.1 Å². The molecule has 44 heavy (non-hydrogen) atoms. The van der Waals surface area contributed by atoms with Crippen LogP contribution in [0.1, 0.15) is 75.8 Å². The monoisotopic (exact) mass is 645 g/mol. The van der Waals surface area contributed by atoms with Crippen LogP contribution in [0, 0.1) is 5.92 Å². The van der Waals surface area contributed by atoms with Gasteiger partial charge in [-0.05, 0) is 42.4 Å². The van der Waals surface area contributed by atoms with E-state index in [9.17, 15) is 22.8 Å². The van der Waals surface area contributed by atoms with Crippen LogP contribution in [-0.4, -0.2) is 85.8 Å². The van der Waals surface area contributed by atoms with Crippen molar-refractivity contribution in [1.82, 2.24) is 25.8 Å². The maximum Gasteiger partial charge on any atom is 0.247 e. The van der Waals surface area contributed by atoms with E-state index >= 15 is 0 Å². The second kappa shape index (κ2) is 15.4. The molecule has 2 aromatic rings. The number of fused-ring (bicyclic) bond motifs is 1. The van der Waals surface area contributed by atoms with Crippen molar-refractivity contribution in [1.29, 1.82) is 0 Å². The van der Waals surface area contributed by atoms with Gasteiger partial charge in [-0.3, -0.25) is 19.3 Å². The Hall–Kier alpha value is -2.83. The molecule has 3 N–H and O–H groups in total. The Bertz CT molecular complexity index is 1430. The first-order chi connectivity index (χ1) is 20.9. The Morgan fingerprint density at radius 2 is 1.80 bits per heavy atom. The molecule has 0 radical (unpaired) electrons. The molecule has 12 heteroatoms. The second-order valence-electron chi connectivity index (χ2n) is 12.4. The van der Waals surface area contributed by atoms with Gasteiger partial charge in [0.05, 0.1) is 26.7 Å². The van der Waals surface area contributed by atoms with Crippen LogP contribution < -0.4 is 16.0 Å². The molecule has 1 saturated heterocycles. The molecule has 2 heterocycles. The van der Waals surface area contributed by atoms with Gasteiger partial charge in [0, 0.05) is 50.6 Å². The van der Waals surface area contributed by atoms with E-state index < -0.39 is 15.9 Å². The first-order valence-electron chi connectivity index (χ1n) is 15.8. The lowest BCUT2D eigenvalue weighted by atomic mass is 9.83. The van der Waals surface area contributed by atoms with Gasteiger partial charge in [-0.25, -0.2) is 13.4 Å². The van der Waals surface area contributed by atoms with Crippen molar-refractivity contribution in [2.24, 2.45) is 5.92 Å². The largest absolute Gasteiger partial charge is 0.350 e. The average Bonchev–Trinajstić information content (AvgIpc) is 3.41. The molecular weight excluding hydrogens is 599 g/mol. The molecule has 1 aliphatic carbocycles. The van der Waals surface area contributed by atoms with E-state index in [0.717, 1.165) is 47.3 Å². The number of nitrogens with one attached hydrogen (secondary N) is 3. The van der Waals surface area contributed by atoms with E-state index in [1.807, 2.05) is 11.0 Å². The lowest BCUT2D eigenvalue weighted by Crippen LogP contribution is -2.55. The maximum atomic E-state index is 13.8. The van der Waals surface area contributed by atoms with Gasteiger partial charge in [0.2, 0.25) is 17.7 Å². The zero-order valence-electron chi connectivity index (χ0n) is 26.2.